The van der Waals surface area contributed by atoms with Gasteiger partial charge in [-0.15, -0.1) is 0 Å². The first-order valence-corrected chi connectivity index (χ1v) is 7.77. The fraction of sp³-hybridized carbons (Fsp3) is 0.529. The predicted octanol–water partition coefficient (Wildman–Crippen LogP) is 2.03. The van der Waals surface area contributed by atoms with Crippen molar-refractivity contribution in [2.45, 2.75) is 26.7 Å². The first kappa shape index (κ1) is 18.2. The van der Waals surface area contributed by atoms with E-state index >= 15 is 0 Å². The van der Waals surface area contributed by atoms with Crippen LogP contribution >= 0.6 is 0 Å². The highest BCUT2D eigenvalue weighted by Crippen LogP contribution is 2.02. The summed E-state index contributed by atoms with van der Waals surface area (Å²) in [6, 6.07) is 9.85. The van der Waals surface area contributed by atoms with E-state index in [1.807, 2.05) is 44.0 Å². The Morgan fingerprint density at radius 2 is 1.86 bits per heavy atom. The van der Waals surface area contributed by atoms with Gasteiger partial charge in [-0.2, -0.15) is 0 Å². The summed E-state index contributed by atoms with van der Waals surface area (Å²) in [6.07, 6.45) is 1.97. The minimum atomic E-state index is -0.420. The number of carbonyl (C=O) groups excluding carboxylic acids is 2. The zero-order valence-electron chi connectivity index (χ0n) is 13.8. The smallest absolute Gasteiger partial charge is 0.321 e. The summed E-state index contributed by atoms with van der Waals surface area (Å²) in [5.74, 6) is 0.0879. The molecule has 122 valence electrons. The molecule has 1 aromatic rings. The van der Waals surface area contributed by atoms with Crippen LogP contribution in [0.15, 0.2) is 30.3 Å². The van der Waals surface area contributed by atoms with Crippen LogP contribution < -0.4 is 10.6 Å². The van der Waals surface area contributed by atoms with Crippen molar-refractivity contribution in [3.8, 4) is 0 Å². The Kier molecular flexibility index (Phi) is 8.22. The van der Waals surface area contributed by atoms with Crippen LogP contribution in [-0.2, 0) is 11.2 Å². The van der Waals surface area contributed by atoms with E-state index in [9.17, 15) is 9.59 Å². The second kappa shape index (κ2) is 9.95. The lowest BCUT2D eigenvalue weighted by molar-refractivity contribution is -0.120. The average molecular weight is 305 g/mol. The summed E-state index contributed by atoms with van der Waals surface area (Å²) < 4.78 is 0. The predicted molar refractivity (Wildman–Crippen MR) is 88.6 cm³/mol. The molecule has 22 heavy (non-hydrogen) atoms. The van der Waals surface area contributed by atoms with E-state index in [0.29, 0.717) is 12.5 Å². The van der Waals surface area contributed by atoms with Crippen LogP contribution in [0.5, 0.6) is 0 Å². The number of rotatable bonds is 8. The third-order valence-electron chi connectivity index (χ3n) is 3.19. The van der Waals surface area contributed by atoms with Gasteiger partial charge in [0, 0.05) is 6.54 Å². The lowest BCUT2D eigenvalue weighted by atomic mass is 10.1. The molecular formula is C17H27N3O2. The zero-order chi connectivity index (χ0) is 16.4. The monoisotopic (exact) mass is 305 g/mol. The van der Waals surface area contributed by atoms with Gasteiger partial charge in [0.25, 0.3) is 0 Å². The molecule has 0 spiro atoms. The molecule has 0 aliphatic carbocycles. The second-order valence-corrected chi connectivity index (χ2v) is 5.98. The molecule has 0 fully saturated rings. The third kappa shape index (κ3) is 8.42. The van der Waals surface area contributed by atoms with Gasteiger partial charge in [-0.25, -0.2) is 4.79 Å². The molecule has 0 unspecified atom stereocenters. The minimum absolute atomic E-state index is 0.226. The summed E-state index contributed by atoms with van der Waals surface area (Å²) in [5, 5.41) is 5.01. The molecule has 0 atom stereocenters. The van der Waals surface area contributed by atoms with Gasteiger partial charge < -0.3 is 5.32 Å². The SMILES string of the molecule is CC(C)CNC(=O)NC(=O)CN(C)CCCc1ccccc1. The molecule has 5 nitrogen and oxygen atoms in total. The third-order valence-corrected chi connectivity index (χ3v) is 3.19. The normalized spacial score (nSPS) is 10.8. The number of nitrogens with one attached hydrogen (secondary N) is 2. The zero-order valence-corrected chi connectivity index (χ0v) is 13.8. The van der Waals surface area contributed by atoms with Crippen molar-refractivity contribution in [2.75, 3.05) is 26.7 Å². The van der Waals surface area contributed by atoms with Crippen molar-refractivity contribution in [1.29, 1.82) is 0 Å². The van der Waals surface area contributed by atoms with E-state index in [4.69, 9.17) is 0 Å². The van der Waals surface area contributed by atoms with Gasteiger partial charge in [-0.05, 0) is 37.9 Å². The number of amides is 3. The molecule has 0 aliphatic rings. The molecule has 0 aliphatic heterocycles. The molecule has 0 heterocycles. The number of urea groups is 1. The Balaban J connectivity index is 2.17. The maximum atomic E-state index is 11.7. The van der Waals surface area contributed by atoms with Crippen LogP contribution in [0, 0.1) is 5.92 Å². The van der Waals surface area contributed by atoms with E-state index < -0.39 is 6.03 Å². The van der Waals surface area contributed by atoms with Gasteiger partial charge >= 0.3 is 6.03 Å². The molecule has 2 N–H and O–H groups in total. The molecule has 0 radical (unpaired) electrons. The van der Waals surface area contributed by atoms with Gasteiger partial charge in [0.2, 0.25) is 5.91 Å². The number of imide groups is 1. The van der Waals surface area contributed by atoms with Crippen LogP contribution in [0.1, 0.15) is 25.8 Å². The maximum Gasteiger partial charge on any atom is 0.321 e. The van der Waals surface area contributed by atoms with E-state index in [-0.39, 0.29) is 12.5 Å². The summed E-state index contributed by atoms with van der Waals surface area (Å²) >= 11 is 0. The van der Waals surface area contributed by atoms with Crippen molar-refractivity contribution in [3.05, 3.63) is 35.9 Å². The van der Waals surface area contributed by atoms with Crippen molar-refractivity contribution < 1.29 is 9.59 Å². The van der Waals surface area contributed by atoms with Crippen LogP contribution in [0.3, 0.4) is 0 Å². The number of nitrogens with zero attached hydrogens (tertiary/aromatic N) is 1. The Bertz CT molecular complexity index is 460. The van der Waals surface area contributed by atoms with Gasteiger partial charge in [-0.3, -0.25) is 15.0 Å². The highest BCUT2D eigenvalue weighted by molar-refractivity contribution is 5.95. The molecule has 1 rings (SSSR count). The minimum Gasteiger partial charge on any atom is -0.338 e. The van der Waals surface area contributed by atoms with Gasteiger partial charge in [0.05, 0.1) is 6.54 Å². The highest BCUT2D eigenvalue weighted by Gasteiger charge is 2.10. The molecule has 1 aromatic carbocycles. The second-order valence-electron chi connectivity index (χ2n) is 5.98. The summed E-state index contributed by atoms with van der Waals surface area (Å²) in [5.41, 5.74) is 1.30. The van der Waals surface area contributed by atoms with Crippen molar-refractivity contribution in [2.24, 2.45) is 5.92 Å². The fourth-order valence-electron chi connectivity index (χ4n) is 2.03. The van der Waals surface area contributed by atoms with Crippen LogP contribution in [0.2, 0.25) is 0 Å². The standard InChI is InChI=1S/C17H27N3O2/c1-14(2)12-18-17(22)19-16(21)13-20(3)11-7-10-15-8-5-4-6-9-15/h4-6,8-9,14H,7,10-13H2,1-3H3,(H2,18,19,21,22). The quantitative estimate of drug-likeness (QED) is 0.772. The first-order chi connectivity index (χ1) is 10.5. The van der Waals surface area contributed by atoms with Crippen molar-refractivity contribution >= 4 is 11.9 Å². The molecule has 0 saturated carbocycles. The lowest BCUT2D eigenvalue weighted by Gasteiger charge is -2.16. The summed E-state index contributed by atoms with van der Waals surface area (Å²) in [6.45, 7) is 5.61. The Morgan fingerprint density at radius 1 is 1.18 bits per heavy atom. The average Bonchev–Trinajstić information content (AvgIpc) is 2.46. The van der Waals surface area contributed by atoms with Crippen LogP contribution in [0.4, 0.5) is 4.79 Å². The number of benzene rings is 1. The molecule has 5 heteroatoms. The Hall–Kier alpha value is -1.88. The van der Waals surface area contributed by atoms with E-state index in [0.717, 1.165) is 19.4 Å². The van der Waals surface area contributed by atoms with Gasteiger partial charge in [0.15, 0.2) is 0 Å². The van der Waals surface area contributed by atoms with Crippen molar-refractivity contribution in [1.82, 2.24) is 15.5 Å². The topological polar surface area (TPSA) is 61.4 Å². The first-order valence-electron chi connectivity index (χ1n) is 7.77. The molecule has 0 bridgehead atoms. The molecule has 0 saturated heterocycles. The van der Waals surface area contributed by atoms with E-state index in [2.05, 4.69) is 22.8 Å². The Morgan fingerprint density at radius 3 is 2.50 bits per heavy atom. The largest absolute Gasteiger partial charge is 0.338 e. The lowest BCUT2D eigenvalue weighted by Crippen LogP contribution is -2.44. The number of hydrogen-bond donors (Lipinski definition) is 2. The van der Waals surface area contributed by atoms with Crippen LogP contribution in [-0.4, -0.2) is 43.5 Å². The van der Waals surface area contributed by atoms with E-state index in [1.54, 1.807) is 0 Å². The van der Waals surface area contributed by atoms with Gasteiger partial charge in [0.1, 0.15) is 0 Å². The number of hydrogen-bond acceptors (Lipinski definition) is 3. The fourth-order valence-corrected chi connectivity index (χ4v) is 2.03. The van der Waals surface area contributed by atoms with Gasteiger partial charge in [-0.1, -0.05) is 44.2 Å². The van der Waals surface area contributed by atoms with E-state index in [1.165, 1.54) is 5.56 Å². The Labute approximate surface area is 133 Å². The molecule has 0 aromatic heterocycles. The maximum absolute atomic E-state index is 11.7. The molecule has 3 amide bonds. The van der Waals surface area contributed by atoms with Crippen LogP contribution in [0.25, 0.3) is 0 Å². The number of aryl methyl sites for hydroxylation is 1. The highest BCUT2D eigenvalue weighted by atomic mass is 16.2. The number of likely N-dealkylation sites (N-methyl/N-ethyl adjacent to an activating group) is 1. The summed E-state index contributed by atoms with van der Waals surface area (Å²) in [7, 11) is 1.89. The molecular weight excluding hydrogens is 278 g/mol. The number of carbonyl (C=O) groups is 2. The van der Waals surface area contributed by atoms with Crippen molar-refractivity contribution in [3.63, 3.8) is 0 Å². The summed E-state index contributed by atoms with van der Waals surface area (Å²) in [4.78, 5) is 25.1.